The summed E-state index contributed by atoms with van der Waals surface area (Å²) in [4.78, 5) is 0. The molecule has 0 fully saturated rings. The molecule has 2 nitrogen and oxygen atoms in total. The van der Waals surface area contributed by atoms with Crippen LogP contribution in [0.3, 0.4) is 0 Å². The van der Waals surface area contributed by atoms with Gasteiger partial charge >= 0.3 is 6.18 Å². The molecule has 0 aromatic heterocycles. The molecule has 7 heteroatoms. The molecule has 0 bridgehead atoms. The van der Waals surface area contributed by atoms with E-state index in [1.165, 1.54) is 0 Å². The van der Waals surface area contributed by atoms with Crippen LogP contribution < -0.4 is 5.73 Å². The summed E-state index contributed by atoms with van der Waals surface area (Å²) in [6.07, 6.45) is -4.86. The van der Waals surface area contributed by atoms with Crippen LogP contribution in [0.15, 0.2) is 24.3 Å². The van der Waals surface area contributed by atoms with Gasteiger partial charge in [0.25, 0.3) is 0 Å². The summed E-state index contributed by atoms with van der Waals surface area (Å²) in [6, 6.07) is 6.43. The predicted octanol–water partition coefficient (Wildman–Crippen LogP) is 2.87. The van der Waals surface area contributed by atoms with E-state index in [4.69, 9.17) is 17.3 Å². The Kier molecular flexibility index (Phi) is 5.62. The number of hydrogen-bond acceptors (Lipinski definition) is 2. The molecular weight excluding hydrogens is 287 g/mol. The quantitative estimate of drug-likeness (QED) is 0.908. The molecule has 0 radical (unpaired) electrons. The van der Waals surface area contributed by atoms with Crippen molar-refractivity contribution in [3.63, 3.8) is 0 Å². The van der Waals surface area contributed by atoms with Crippen LogP contribution in [0.2, 0.25) is 5.02 Å². The summed E-state index contributed by atoms with van der Waals surface area (Å²) >= 11 is 5.82. The third-order valence-electron chi connectivity index (χ3n) is 2.37. The second kappa shape index (κ2) is 6.54. The number of hydrogen-bond donors (Lipinski definition) is 1. The molecule has 2 unspecified atom stereocenters. The first kappa shape index (κ1) is 15.5. The van der Waals surface area contributed by atoms with Gasteiger partial charge in [-0.25, -0.2) is 0 Å². The van der Waals surface area contributed by atoms with Crippen LogP contribution in [0.5, 0.6) is 0 Å². The fourth-order valence-electron chi connectivity index (χ4n) is 1.46. The SMILES string of the molecule is NCCC(S(=O)Cc1ccccc1Cl)C(F)(F)F. The van der Waals surface area contributed by atoms with Gasteiger partial charge in [0.1, 0.15) is 5.25 Å². The first-order valence-corrected chi connectivity index (χ1v) is 6.99. The van der Waals surface area contributed by atoms with E-state index >= 15 is 0 Å². The maximum Gasteiger partial charge on any atom is 0.403 e. The molecule has 0 heterocycles. The summed E-state index contributed by atoms with van der Waals surface area (Å²) in [5, 5.41) is -1.58. The van der Waals surface area contributed by atoms with E-state index in [9.17, 15) is 17.4 Å². The molecule has 1 rings (SSSR count). The first-order chi connectivity index (χ1) is 8.36. The number of halogens is 4. The minimum absolute atomic E-state index is 0.154. The number of alkyl halides is 3. The Hall–Kier alpha value is -0.590. The molecule has 2 N–H and O–H groups in total. The summed E-state index contributed by atoms with van der Waals surface area (Å²) < 4.78 is 49.8. The molecule has 0 saturated carbocycles. The van der Waals surface area contributed by atoms with Gasteiger partial charge in [0.05, 0.1) is 5.75 Å². The first-order valence-electron chi connectivity index (χ1n) is 5.23. The molecule has 18 heavy (non-hydrogen) atoms. The van der Waals surface area contributed by atoms with Gasteiger partial charge in [-0.1, -0.05) is 29.8 Å². The van der Waals surface area contributed by atoms with Gasteiger partial charge in [0, 0.05) is 15.8 Å². The Bertz CT molecular complexity index is 425. The maximum absolute atomic E-state index is 12.7. The Morgan fingerprint density at radius 3 is 2.44 bits per heavy atom. The van der Waals surface area contributed by atoms with Gasteiger partial charge in [-0.05, 0) is 24.6 Å². The normalized spacial score (nSPS) is 15.4. The van der Waals surface area contributed by atoms with Crippen LogP contribution in [-0.4, -0.2) is 22.2 Å². The van der Waals surface area contributed by atoms with E-state index in [2.05, 4.69) is 0 Å². The van der Waals surface area contributed by atoms with Crippen molar-refractivity contribution < 1.29 is 17.4 Å². The summed E-state index contributed by atoms with van der Waals surface area (Å²) in [6.45, 7) is -0.154. The van der Waals surface area contributed by atoms with Crippen LogP contribution in [0.25, 0.3) is 0 Å². The topological polar surface area (TPSA) is 43.1 Å². The lowest BCUT2D eigenvalue weighted by atomic mass is 10.2. The van der Waals surface area contributed by atoms with Crippen molar-refractivity contribution in [2.45, 2.75) is 23.6 Å². The molecule has 1 aromatic carbocycles. The number of rotatable bonds is 5. The zero-order chi connectivity index (χ0) is 13.8. The average molecular weight is 300 g/mol. The molecule has 0 amide bonds. The number of nitrogens with two attached hydrogens (primary N) is 1. The molecular formula is C11H13ClF3NOS. The van der Waals surface area contributed by atoms with Gasteiger partial charge in [-0.15, -0.1) is 0 Å². The van der Waals surface area contributed by atoms with Gasteiger partial charge in [0.2, 0.25) is 0 Å². The largest absolute Gasteiger partial charge is 0.403 e. The van der Waals surface area contributed by atoms with Gasteiger partial charge in [-0.3, -0.25) is 4.21 Å². The van der Waals surface area contributed by atoms with Crippen molar-refractivity contribution in [2.24, 2.45) is 5.73 Å². The average Bonchev–Trinajstić information content (AvgIpc) is 2.27. The highest BCUT2D eigenvalue weighted by atomic mass is 35.5. The Morgan fingerprint density at radius 1 is 1.33 bits per heavy atom. The monoisotopic (exact) mass is 299 g/mol. The van der Waals surface area contributed by atoms with Crippen molar-refractivity contribution in [3.8, 4) is 0 Å². The second-order valence-corrected chi connectivity index (χ2v) is 5.75. The molecule has 0 spiro atoms. The lowest BCUT2D eigenvalue weighted by Crippen LogP contribution is -2.35. The Balaban J connectivity index is 2.83. The Morgan fingerprint density at radius 2 is 1.94 bits per heavy atom. The predicted molar refractivity (Wildman–Crippen MR) is 66.8 cm³/mol. The van der Waals surface area contributed by atoms with Crippen molar-refractivity contribution in [2.75, 3.05) is 6.54 Å². The lowest BCUT2D eigenvalue weighted by Gasteiger charge is -2.19. The van der Waals surface area contributed by atoms with Crippen LogP contribution in [0.4, 0.5) is 13.2 Å². The van der Waals surface area contributed by atoms with Gasteiger partial charge < -0.3 is 5.73 Å². The van der Waals surface area contributed by atoms with E-state index in [0.717, 1.165) is 0 Å². The summed E-state index contributed by atoms with van der Waals surface area (Å²) in [5.41, 5.74) is 5.57. The second-order valence-electron chi connectivity index (χ2n) is 3.72. The standard InChI is InChI=1S/C11H13ClF3NOS/c12-9-4-2-1-3-8(9)7-18(17)10(5-6-16)11(13,14)15/h1-4,10H,5-7,16H2. The smallest absolute Gasteiger partial charge is 0.330 e. The fourth-order valence-corrected chi connectivity index (χ4v) is 3.20. The highest BCUT2D eigenvalue weighted by Crippen LogP contribution is 2.29. The van der Waals surface area contributed by atoms with Gasteiger partial charge in [0.15, 0.2) is 0 Å². The summed E-state index contributed by atoms with van der Waals surface area (Å²) in [7, 11) is -2.08. The molecule has 102 valence electrons. The Labute approximate surface area is 111 Å². The molecule has 1 aromatic rings. The van der Waals surface area contributed by atoms with E-state index in [1.54, 1.807) is 24.3 Å². The van der Waals surface area contributed by atoms with E-state index in [1.807, 2.05) is 0 Å². The van der Waals surface area contributed by atoms with E-state index < -0.39 is 22.2 Å². The van der Waals surface area contributed by atoms with E-state index in [0.29, 0.717) is 10.6 Å². The third kappa shape index (κ3) is 4.26. The highest BCUT2D eigenvalue weighted by molar-refractivity contribution is 7.84. The third-order valence-corrected chi connectivity index (χ3v) is 4.47. The van der Waals surface area contributed by atoms with Crippen LogP contribution in [0, 0.1) is 0 Å². The van der Waals surface area contributed by atoms with Crippen LogP contribution in [0.1, 0.15) is 12.0 Å². The maximum atomic E-state index is 12.7. The van der Waals surface area contributed by atoms with Crippen LogP contribution in [-0.2, 0) is 16.6 Å². The van der Waals surface area contributed by atoms with Crippen molar-refractivity contribution in [1.82, 2.24) is 0 Å². The zero-order valence-corrected chi connectivity index (χ0v) is 11.0. The van der Waals surface area contributed by atoms with Crippen molar-refractivity contribution in [1.29, 1.82) is 0 Å². The fraction of sp³-hybridized carbons (Fsp3) is 0.455. The molecule has 0 aliphatic carbocycles. The van der Waals surface area contributed by atoms with E-state index in [-0.39, 0.29) is 18.7 Å². The molecule has 0 aliphatic heterocycles. The molecule has 2 atom stereocenters. The van der Waals surface area contributed by atoms with Crippen molar-refractivity contribution >= 4 is 22.4 Å². The minimum atomic E-state index is -4.51. The summed E-state index contributed by atoms with van der Waals surface area (Å²) in [5.74, 6) is -0.218. The number of benzene rings is 1. The van der Waals surface area contributed by atoms with Crippen molar-refractivity contribution in [3.05, 3.63) is 34.9 Å². The minimum Gasteiger partial charge on any atom is -0.330 e. The molecule has 0 saturated heterocycles. The van der Waals surface area contributed by atoms with Gasteiger partial charge in [-0.2, -0.15) is 13.2 Å². The zero-order valence-electron chi connectivity index (χ0n) is 9.41. The van der Waals surface area contributed by atoms with Crippen LogP contribution >= 0.6 is 11.6 Å². The lowest BCUT2D eigenvalue weighted by molar-refractivity contribution is -0.130. The highest BCUT2D eigenvalue weighted by Gasteiger charge is 2.43. The molecule has 0 aliphatic rings.